The summed E-state index contributed by atoms with van der Waals surface area (Å²) in [7, 11) is 0. The van der Waals surface area contributed by atoms with Gasteiger partial charge in [0.1, 0.15) is 6.10 Å². The minimum Gasteiger partial charge on any atom is -0.381 e. The van der Waals surface area contributed by atoms with E-state index in [1.54, 1.807) is 0 Å². The molecular formula is C19H34N2O3. The molecule has 0 spiro atoms. The lowest BCUT2D eigenvalue weighted by molar-refractivity contribution is -0.151. The molecular weight excluding hydrogens is 304 g/mol. The Morgan fingerprint density at radius 3 is 2.33 bits per heavy atom. The number of hydrogen-bond acceptors (Lipinski definition) is 4. The second kappa shape index (κ2) is 9.16. The third-order valence-corrected chi connectivity index (χ3v) is 5.89. The van der Waals surface area contributed by atoms with Crippen LogP contribution in [0, 0.1) is 0 Å². The first-order chi connectivity index (χ1) is 11.8. The molecule has 0 aromatic rings. The van der Waals surface area contributed by atoms with Gasteiger partial charge in [-0.1, -0.05) is 26.2 Å². The van der Waals surface area contributed by atoms with Gasteiger partial charge in [0.25, 0.3) is 5.91 Å². The first-order valence-electron chi connectivity index (χ1n) is 10.0. The molecule has 0 unspecified atom stereocenters. The maximum Gasteiger partial charge on any atom is 0.251 e. The van der Waals surface area contributed by atoms with E-state index in [1.165, 1.54) is 19.3 Å². The molecule has 1 atom stereocenters. The van der Waals surface area contributed by atoms with Crippen molar-refractivity contribution in [3.63, 3.8) is 0 Å². The van der Waals surface area contributed by atoms with E-state index in [0.29, 0.717) is 12.1 Å². The predicted molar refractivity (Wildman–Crippen MR) is 94.0 cm³/mol. The molecule has 1 amide bonds. The van der Waals surface area contributed by atoms with Crippen LogP contribution in [0.2, 0.25) is 0 Å². The van der Waals surface area contributed by atoms with Crippen LogP contribution in [0.4, 0.5) is 0 Å². The number of hydrogen-bond donors (Lipinski definition) is 0. The molecule has 24 heavy (non-hydrogen) atoms. The maximum absolute atomic E-state index is 12.8. The fourth-order valence-electron chi connectivity index (χ4n) is 4.32. The number of amides is 1. The quantitative estimate of drug-likeness (QED) is 0.772. The molecule has 5 heteroatoms. The highest BCUT2D eigenvalue weighted by Crippen LogP contribution is 2.23. The lowest BCUT2D eigenvalue weighted by Crippen LogP contribution is -2.55. The molecule has 0 N–H and O–H groups in total. The molecule has 0 aromatic carbocycles. The SMILES string of the molecule is CC[C@H](OC1CCCCC1)C(=O)N1CCN(C2CCOCC2)CC1. The smallest absolute Gasteiger partial charge is 0.251 e. The average molecular weight is 338 g/mol. The molecule has 1 aliphatic carbocycles. The Balaban J connectivity index is 1.45. The van der Waals surface area contributed by atoms with Crippen LogP contribution in [0.25, 0.3) is 0 Å². The largest absolute Gasteiger partial charge is 0.381 e. The zero-order valence-electron chi connectivity index (χ0n) is 15.3. The molecule has 3 aliphatic rings. The Morgan fingerprint density at radius 2 is 1.71 bits per heavy atom. The zero-order chi connectivity index (χ0) is 16.8. The second-order valence-electron chi connectivity index (χ2n) is 7.50. The van der Waals surface area contributed by atoms with Gasteiger partial charge in [0.05, 0.1) is 6.10 Å². The van der Waals surface area contributed by atoms with Gasteiger partial charge in [-0.15, -0.1) is 0 Å². The predicted octanol–water partition coefficient (Wildman–Crippen LogP) is 2.44. The topological polar surface area (TPSA) is 42.0 Å². The summed E-state index contributed by atoms with van der Waals surface area (Å²) >= 11 is 0. The number of piperazine rings is 1. The highest BCUT2D eigenvalue weighted by molar-refractivity contribution is 5.81. The Labute approximate surface area is 146 Å². The summed E-state index contributed by atoms with van der Waals surface area (Å²) < 4.78 is 11.6. The third-order valence-electron chi connectivity index (χ3n) is 5.89. The van der Waals surface area contributed by atoms with Gasteiger partial charge in [0.15, 0.2) is 0 Å². The van der Waals surface area contributed by atoms with Crippen molar-refractivity contribution >= 4 is 5.91 Å². The zero-order valence-corrected chi connectivity index (χ0v) is 15.3. The number of nitrogens with zero attached hydrogens (tertiary/aromatic N) is 2. The average Bonchev–Trinajstić information content (AvgIpc) is 2.67. The normalized spacial score (nSPS) is 26.5. The Hall–Kier alpha value is -0.650. The monoisotopic (exact) mass is 338 g/mol. The molecule has 0 bridgehead atoms. The van der Waals surface area contributed by atoms with Gasteiger partial charge < -0.3 is 14.4 Å². The van der Waals surface area contributed by atoms with E-state index >= 15 is 0 Å². The van der Waals surface area contributed by atoms with E-state index in [4.69, 9.17) is 9.47 Å². The van der Waals surface area contributed by atoms with E-state index in [-0.39, 0.29) is 12.0 Å². The van der Waals surface area contributed by atoms with Gasteiger partial charge in [0, 0.05) is 45.4 Å². The minimum absolute atomic E-state index is 0.217. The van der Waals surface area contributed by atoms with E-state index < -0.39 is 0 Å². The van der Waals surface area contributed by atoms with Crippen molar-refractivity contribution in [2.45, 2.75) is 76.5 Å². The number of ether oxygens (including phenoxy) is 2. The van der Waals surface area contributed by atoms with Crippen LogP contribution < -0.4 is 0 Å². The summed E-state index contributed by atoms with van der Waals surface area (Å²) in [6, 6.07) is 0.650. The fourth-order valence-corrected chi connectivity index (χ4v) is 4.32. The fraction of sp³-hybridized carbons (Fsp3) is 0.947. The van der Waals surface area contributed by atoms with Gasteiger partial charge in [-0.25, -0.2) is 0 Å². The number of carbonyl (C=O) groups excluding carboxylic acids is 1. The van der Waals surface area contributed by atoms with Gasteiger partial charge in [-0.05, 0) is 32.1 Å². The van der Waals surface area contributed by atoms with Gasteiger partial charge in [0.2, 0.25) is 0 Å². The van der Waals surface area contributed by atoms with Crippen LogP contribution in [-0.4, -0.2) is 73.3 Å². The molecule has 138 valence electrons. The molecule has 3 fully saturated rings. The van der Waals surface area contributed by atoms with E-state index in [2.05, 4.69) is 11.8 Å². The lowest BCUT2D eigenvalue weighted by atomic mass is 9.97. The summed E-state index contributed by atoms with van der Waals surface area (Å²) in [6.07, 6.45) is 9.20. The standard InChI is InChI=1S/C19H34N2O3/c1-2-18(24-17-6-4-3-5-7-17)19(22)21-12-10-20(11-13-21)16-8-14-23-15-9-16/h16-18H,2-15H2,1H3/t18-/m0/s1. The molecule has 2 aliphatic heterocycles. The summed E-state index contributed by atoms with van der Waals surface area (Å²) in [4.78, 5) is 17.4. The van der Waals surface area contributed by atoms with Crippen molar-refractivity contribution in [3.05, 3.63) is 0 Å². The van der Waals surface area contributed by atoms with E-state index in [9.17, 15) is 4.79 Å². The molecule has 2 heterocycles. The van der Waals surface area contributed by atoms with Crippen molar-refractivity contribution < 1.29 is 14.3 Å². The molecule has 0 radical (unpaired) electrons. The molecule has 0 aromatic heterocycles. The van der Waals surface area contributed by atoms with E-state index in [1.807, 2.05) is 4.90 Å². The molecule has 5 nitrogen and oxygen atoms in total. The number of carbonyl (C=O) groups is 1. The van der Waals surface area contributed by atoms with Gasteiger partial charge in [-0.2, -0.15) is 0 Å². The van der Waals surface area contributed by atoms with Crippen molar-refractivity contribution in [1.82, 2.24) is 9.80 Å². The Kier molecular flexibility index (Phi) is 6.93. The first-order valence-corrected chi connectivity index (χ1v) is 10.0. The maximum atomic E-state index is 12.8. The highest BCUT2D eigenvalue weighted by atomic mass is 16.5. The molecule has 3 rings (SSSR count). The Morgan fingerprint density at radius 1 is 1.04 bits per heavy atom. The van der Waals surface area contributed by atoms with Crippen molar-refractivity contribution in [1.29, 1.82) is 0 Å². The van der Waals surface area contributed by atoms with Crippen LogP contribution in [0.1, 0.15) is 58.3 Å². The lowest BCUT2D eigenvalue weighted by Gasteiger charge is -2.41. The Bertz CT molecular complexity index is 384. The number of rotatable bonds is 5. The summed E-state index contributed by atoms with van der Waals surface area (Å²) in [5, 5.41) is 0. The minimum atomic E-state index is -0.234. The first kappa shape index (κ1) is 18.2. The molecule has 2 saturated heterocycles. The second-order valence-corrected chi connectivity index (χ2v) is 7.50. The molecule has 1 saturated carbocycles. The van der Waals surface area contributed by atoms with Crippen LogP contribution in [0.5, 0.6) is 0 Å². The third kappa shape index (κ3) is 4.70. The van der Waals surface area contributed by atoms with Crippen molar-refractivity contribution in [2.24, 2.45) is 0 Å². The van der Waals surface area contributed by atoms with Gasteiger partial charge in [-0.3, -0.25) is 9.69 Å². The van der Waals surface area contributed by atoms with Crippen molar-refractivity contribution in [2.75, 3.05) is 39.4 Å². The highest BCUT2D eigenvalue weighted by Gasteiger charge is 2.31. The van der Waals surface area contributed by atoms with Crippen LogP contribution in [-0.2, 0) is 14.3 Å². The van der Waals surface area contributed by atoms with Crippen molar-refractivity contribution in [3.8, 4) is 0 Å². The van der Waals surface area contributed by atoms with Gasteiger partial charge >= 0.3 is 0 Å². The van der Waals surface area contributed by atoms with Crippen LogP contribution in [0.3, 0.4) is 0 Å². The summed E-state index contributed by atoms with van der Waals surface area (Å²) in [5.74, 6) is 0.217. The van der Waals surface area contributed by atoms with E-state index in [0.717, 1.165) is 71.5 Å². The summed E-state index contributed by atoms with van der Waals surface area (Å²) in [6.45, 7) is 7.53. The van der Waals surface area contributed by atoms with Crippen LogP contribution in [0.15, 0.2) is 0 Å². The van der Waals surface area contributed by atoms with Crippen LogP contribution >= 0.6 is 0 Å². The summed E-state index contributed by atoms with van der Waals surface area (Å²) in [5.41, 5.74) is 0.